The van der Waals surface area contributed by atoms with E-state index in [2.05, 4.69) is 10.3 Å². The fraction of sp³-hybridized carbons (Fsp3) is 0.158. The van der Waals surface area contributed by atoms with Crippen LogP contribution in [0.2, 0.25) is 0 Å². The molecule has 0 aliphatic rings. The number of carbonyl (C=O) groups is 1. The fourth-order valence-electron chi connectivity index (χ4n) is 2.32. The summed E-state index contributed by atoms with van der Waals surface area (Å²) in [6.07, 6.45) is 1.55. The largest absolute Gasteiger partial charge is 0.497 e. The van der Waals surface area contributed by atoms with E-state index in [0.717, 1.165) is 0 Å². The molecule has 3 aromatic rings. The van der Waals surface area contributed by atoms with Gasteiger partial charge in [0, 0.05) is 11.1 Å². The van der Waals surface area contributed by atoms with Crippen molar-refractivity contribution in [2.24, 2.45) is 0 Å². The number of ether oxygens (including phenoxy) is 1. The molecule has 6 heteroatoms. The molecular formula is C19H17FN2O3. The van der Waals surface area contributed by atoms with E-state index in [0.29, 0.717) is 28.5 Å². The SMILES string of the molecule is COc1ccc(C(=O)NC(C)c2ncc(-c3ccc(F)cc3)o2)cc1. The number of halogens is 1. The van der Waals surface area contributed by atoms with E-state index in [1.807, 2.05) is 0 Å². The first-order valence-electron chi connectivity index (χ1n) is 7.73. The monoisotopic (exact) mass is 340 g/mol. The van der Waals surface area contributed by atoms with Crippen molar-refractivity contribution < 1.29 is 18.3 Å². The van der Waals surface area contributed by atoms with E-state index in [1.165, 1.54) is 12.1 Å². The van der Waals surface area contributed by atoms with Crippen molar-refractivity contribution >= 4 is 5.91 Å². The molecule has 1 aromatic heterocycles. The van der Waals surface area contributed by atoms with Gasteiger partial charge in [-0.2, -0.15) is 0 Å². The smallest absolute Gasteiger partial charge is 0.251 e. The summed E-state index contributed by atoms with van der Waals surface area (Å²) in [6, 6.07) is 12.3. The van der Waals surface area contributed by atoms with Gasteiger partial charge in [0.25, 0.3) is 5.91 Å². The van der Waals surface area contributed by atoms with Crippen LogP contribution in [0.5, 0.6) is 5.75 Å². The van der Waals surface area contributed by atoms with Gasteiger partial charge in [-0.25, -0.2) is 9.37 Å². The lowest BCUT2D eigenvalue weighted by atomic mass is 10.2. The number of methoxy groups -OCH3 is 1. The molecule has 0 saturated carbocycles. The average Bonchev–Trinajstić information content (AvgIpc) is 3.12. The molecule has 0 spiro atoms. The highest BCUT2D eigenvalue weighted by Crippen LogP contribution is 2.23. The Morgan fingerprint density at radius 2 is 1.84 bits per heavy atom. The molecule has 1 heterocycles. The van der Waals surface area contributed by atoms with E-state index in [-0.39, 0.29) is 11.7 Å². The van der Waals surface area contributed by atoms with Crippen LogP contribution >= 0.6 is 0 Å². The predicted molar refractivity (Wildman–Crippen MR) is 90.8 cm³/mol. The van der Waals surface area contributed by atoms with Crippen molar-refractivity contribution in [3.05, 3.63) is 72.0 Å². The van der Waals surface area contributed by atoms with Crippen LogP contribution in [-0.4, -0.2) is 18.0 Å². The molecule has 25 heavy (non-hydrogen) atoms. The highest BCUT2D eigenvalue weighted by atomic mass is 19.1. The van der Waals surface area contributed by atoms with E-state index in [4.69, 9.17) is 9.15 Å². The van der Waals surface area contributed by atoms with Crippen LogP contribution in [0.3, 0.4) is 0 Å². The zero-order chi connectivity index (χ0) is 17.8. The van der Waals surface area contributed by atoms with Gasteiger partial charge in [0.05, 0.1) is 13.3 Å². The van der Waals surface area contributed by atoms with Crippen molar-refractivity contribution in [1.82, 2.24) is 10.3 Å². The highest BCUT2D eigenvalue weighted by Gasteiger charge is 2.17. The number of carbonyl (C=O) groups excluding carboxylic acids is 1. The number of hydrogen-bond donors (Lipinski definition) is 1. The molecule has 1 amide bonds. The van der Waals surface area contributed by atoms with Crippen molar-refractivity contribution in [2.45, 2.75) is 13.0 Å². The number of aromatic nitrogens is 1. The van der Waals surface area contributed by atoms with Crippen molar-refractivity contribution in [3.8, 4) is 17.1 Å². The molecule has 0 fully saturated rings. The molecule has 3 rings (SSSR count). The Labute approximate surface area is 144 Å². The Kier molecular flexibility index (Phi) is 4.79. The Balaban J connectivity index is 1.69. The topological polar surface area (TPSA) is 64.4 Å². The van der Waals surface area contributed by atoms with Gasteiger partial charge in [0.15, 0.2) is 5.76 Å². The zero-order valence-corrected chi connectivity index (χ0v) is 13.8. The lowest BCUT2D eigenvalue weighted by Crippen LogP contribution is -2.26. The first-order valence-corrected chi connectivity index (χ1v) is 7.73. The summed E-state index contributed by atoms with van der Waals surface area (Å²) in [7, 11) is 1.57. The zero-order valence-electron chi connectivity index (χ0n) is 13.8. The van der Waals surface area contributed by atoms with Crippen LogP contribution < -0.4 is 10.1 Å². The molecule has 1 unspecified atom stereocenters. The quantitative estimate of drug-likeness (QED) is 0.763. The van der Waals surface area contributed by atoms with Crippen molar-refractivity contribution in [3.63, 3.8) is 0 Å². The second-order valence-corrected chi connectivity index (χ2v) is 5.49. The summed E-state index contributed by atoms with van der Waals surface area (Å²) in [6.45, 7) is 1.78. The number of benzene rings is 2. The minimum absolute atomic E-state index is 0.239. The maximum atomic E-state index is 13.0. The van der Waals surface area contributed by atoms with Crippen LogP contribution in [0.1, 0.15) is 29.2 Å². The molecule has 1 atom stereocenters. The lowest BCUT2D eigenvalue weighted by molar-refractivity contribution is 0.0934. The summed E-state index contributed by atoms with van der Waals surface area (Å²) >= 11 is 0. The van der Waals surface area contributed by atoms with Gasteiger partial charge in [-0.3, -0.25) is 4.79 Å². The summed E-state index contributed by atoms with van der Waals surface area (Å²) in [5.74, 6) is 1.02. The van der Waals surface area contributed by atoms with Gasteiger partial charge < -0.3 is 14.5 Å². The summed E-state index contributed by atoms with van der Waals surface area (Å²) in [4.78, 5) is 16.5. The molecule has 1 N–H and O–H groups in total. The molecular weight excluding hydrogens is 323 g/mol. The van der Waals surface area contributed by atoms with E-state index in [1.54, 1.807) is 56.6 Å². The Morgan fingerprint density at radius 1 is 1.16 bits per heavy atom. The molecule has 0 aliphatic carbocycles. The van der Waals surface area contributed by atoms with Gasteiger partial charge in [-0.1, -0.05) is 0 Å². The second-order valence-electron chi connectivity index (χ2n) is 5.49. The number of nitrogens with one attached hydrogen (secondary N) is 1. The fourth-order valence-corrected chi connectivity index (χ4v) is 2.32. The van der Waals surface area contributed by atoms with Crippen molar-refractivity contribution in [1.29, 1.82) is 0 Å². The van der Waals surface area contributed by atoms with Gasteiger partial charge >= 0.3 is 0 Å². The number of amides is 1. The number of hydrogen-bond acceptors (Lipinski definition) is 4. The third kappa shape index (κ3) is 3.85. The molecule has 0 saturated heterocycles. The van der Waals surface area contributed by atoms with Crippen LogP contribution in [0.4, 0.5) is 4.39 Å². The molecule has 5 nitrogen and oxygen atoms in total. The molecule has 0 radical (unpaired) electrons. The van der Waals surface area contributed by atoms with E-state index < -0.39 is 6.04 Å². The third-order valence-corrected chi connectivity index (χ3v) is 3.72. The normalized spacial score (nSPS) is 11.8. The molecule has 2 aromatic carbocycles. The Morgan fingerprint density at radius 3 is 2.48 bits per heavy atom. The van der Waals surface area contributed by atoms with Gasteiger partial charge in [-0.15, -0.1) is 0 Å². The van der Waals surface area contributed by atoms with Gasteiger partial charge in [-0.05, 0) is 55.5 Å². The Bertz CT molecular complexity index is 857. The predicted octanol–water partition coefficient (Wildman–Crippen LogP) is 3.98. The first kappa shape index (κ1) is 16.7. The minimum Gasteiger partial charge on any atom is -0.497 e. The maximum absolute atomic E-state index is 13.0. The highest BCUT2D eigenvalue weighted by molar-refractivity contribution is 5.94. The number of oxazole rings is 1. The standard InChI is InChI=1S/C19H17FN2O3/c1-12(22-18(23)14-5-9-16(24-2)10-6-14)19-21-11-17(25-19)13-3-7-15(20)8-4-13/h3-12H,1-2H3,(H,22,23). The van der Waals surface area contributed by atoms with Crippen LogP contribution in [0.25, 0.3) is 11.3 Å². The Hall–Kier alpha value is -3.15. The summed E-state index contributed by atoms with van der Waals surface area (Å²) in [5, 5.41) is 2.83. The first-order chi connectivity index (χ1) is 12.1. The van der Waals surface area contributed by atoms with E-state index >= 15 is 0 Å². The minimum atomic E-state index is -0.413. The van der Waals surface area contributed by atoms with Gasteiger partial charge in [0.1, 0.15) is 17.6 Å². The number of nitrogens with zero attached hydrogens (tertiary/aromatic N) is 1. The summed E-state index contributed by atoms with van der Waals surface area (Å²) < 4.78 is 23.7. The van der Waals surface area contributed by atoms with Crippen LogP contribution in [0, 0.1) is 5.82 Å². The number of rotatable bonds is 5. The van der Waals surface area contributed by atoms with Crippen LogP contribution in [-0.2, 0) is 0 Å². The molecule has 0 aliphatic heterocycles. The summed E-state index contributed by atoms with van der Waals surface area (Å²) in [5.41, 5.74) is 1.23. The van der Waals surface area contributed by atoms with E-state index in [9.17, 15) is 9.18 Å². The van der Waals surface area contributed by atoms with Crippen LogP contribution in [0.15, 0.2) is 59.1 Å². The maximum Gasteiger partial charge on any atom is 0.251 e. The van der Waals surface area contributed by atoms with Crippen molar-refractivity contribution in [2.75, 3.05) is 7.11 Å². The van der Waals surface area contributed by atoms with Gasteiger partial charge in [0.2, 0.25) is 5.89 Å². The molecule has 0 bridgehead atoms. The second kappa shape index (κ2) is 7.17. The molecule has 128 valence electrons. The third-order valence-electron chi connectivity index (χ3n) is 3.72. The average molecular weight is 340 g/mol. The lowest BCUT2D eigenvalue weighted by Gasteiger charge is -2.10.